The van der Waals surface area contributed by atoms with Crippen LogP contribution in [0.15, 0.2) is 54.6 Å². The zero-order chi connectivity index (χ0) is 16.9. The van der Waals surface area contributed by atoms with Gasteiger partial charge in [0.15, 0.2) is 0 Å². The first-order valence-corrected chi connectivity index (χ1v) is 9.27. The summed E-state index contributed by atoms with van der Waals surface area (Å²) in [5.74, 6) is 1.87. The minimum Gasteiger partial charge on any atom is -0.492 e. The van der Waals surface area contributed by atoms with Gasteiger partial charge < -0.3 is 9.47 Å². The lowest BCUT2D eigenvalue weighted by molar-refractivity contribution is 0.183. The van der Waals surface area contributed by atoms with Crippen LogP contribution in [-0.2, 0) is 0 Å². The zero-order valence-electron chi connectivity index (χ0n) is 14.6. The summed E-state index contributed by atoms with van der Waals surface area (Å²) < 4.78 is 12.0. The third-order valence-electron chi connectivity index (χ3n) is 4.96. The molecular weight excluding hydrogens is 310 g/mol. The van der Waals surface area contributed by atoms with E-state index in [9.17, 15) is 0 Å². The van der Waals surface area contributed by atoms with Crippen LogP contribution >= 0.6 is 0 Å². The molecule has 0 radical (unpaired) electrons. The van der Waals surface area contributed by atoms with Crippen LogP contribution < -0.4 is 9.47 Å². The lowest BCUT2D eigenvalue weighted by Crippen LogP contribution is -2.33. The summed E-state index contributed by atoms with van der Waals surface area (Å²) in [6.45, 7) is 4.21. The molecule has 1 unspecified atom stereocenters. The van der Waals surface area contributed by atoms with Crippen molar-refractivity contribution in [1.82, 2.24) is 4.90 Å². The van der Waals surface area contributed by atoms with E-state index in [1.54, 1.807) is 0 Å². The maximum atomic E-state index is 6.08. The van der Waals surface area contributed by atoms with Crippen molar-refractivity contribution in [2.45, 2.75) is 25.4 Å². The van der Waals surface area contributed by atoms with Crippen molar-refractivity contribution in [2.24, 2.45) is 0 Å². The fraction of sp³-hybridized carbons (Fsp3) is 0.364. The van der Waals surface area contributed by atoms with Crippen LogP contribution in [0.4, 0.5) is 0 Å². The number of piperidine rings is 1. The van der Waals surface area contributed by atoms with Crippen molar-refractivity contribution in [3.8, 4) is 11.5 Å². The molecule has 0 spiro atoms. The SMILES string of the molecule is C1=CC(c2ccc(OCCN3CCCCC3)cc2)Oc2ccccc21. The van der Waals surface area contributed by atoms with Crippen LogP contribution in [0.25, 0.3) is 6.08 Å². The Kier molecular flexibility index (Phi) is 5.03. The molecule has 1 atom stereocenters. The molecule has 3 heteroatoms. The van der Waals surface area contributed by atoms with Crippen molar-refractivity contribution in [2.75, 3.05) is 26.2 Å². The second kappa shape index (κ2) is 7.75. The predicted octanol–water partition coefficient (Wildman–Crippen LogP) is 4.70. The lowest BCUT2D eigenvalue weighted by Gasteiger charge is -2.26. The molecule has 0 N–H and O–H groups in total. The number of rotatable bonds is 5. The summed E-state index contributed by atoms with van der Waals surface area (Å²) in [4.78, 5) is 2.50. The molecule has 2 aromatic rings. The quantitative estimate of drug-likeness (QED) is 0.791. The number of hydrogen-bond donors (Lipinski definition) is 0. The van der Waals surface area contributed by atoms with Crippen LogP contribution in [0.3, 0.4) is 0 Å². The molecule has 0 amide bonds. The van der Waals surface area contributed by atoms with Gasteiger partial charge >= 0.3 is 0 Å². The Morgan fingerprint density at radius 2 is 1.76 bits per heavy atom. The second-order valence-electron chi connectivity index (χ2n) is 6.76. The summed E-state index contributed by atoms with van der Waals surface area (Å²) in [6, 6.07) is 16.4. The highest BCUT2D eigenvalue weighted by atomic mass is 16.5. The van der Waals surface area contributed by atoms with Crippen molar-refractivity contribution in [3.63, 3.8) is 0 Å². The molecule has 1 saturated heterocycles. The van der Waals surface area contributed by atoms with Gasteiger partial charge in [-0.3, -0.25) is 4.90 Å². The summed E-state index contributed by atoms with van der Waals surface area (Å²) >= 11 is 0. The lowest BCUT2D eigenvalue weighted by atomic mass is 10.0. The van der Waals surface area contributed by atoms with Crippen LogP contribution in [0, 0.1) is 0 Å². The van der Waals surface area contributed by atoms with E-state index in [-0.39, 0.29) is 6.10 Å². The number of nitrogens with zero attached hydrogens (tertiary/aromatic N) is 1. The molecular formula is C22H25NO2. The van der Waals surface area contributed by atoms with E-state index in [4.69, 9.17) is 9.47 Å². The topological polar surface area (TPSA) is 21.7 Å². The molecule has 2 aliphatic heterocycles. The molecule has 2 aliphatic rings. The number of ether oxygens (including phenoxy) is 2. The van der Waals surface area contributed by atoms with E-state index in [0.29, 0.717) is 0 Å². The minimum absolute atomic E-state index is 0.0303. The molecule has 0 saturated carbocycles. The van der Waals surface area contributed by atoms with Crippen molar-refractivity contribution >= 4 is 6.08 Å². The van der Waals surface area contributed by atoms with Gasteiger partial charge in [0.2, 0.25) is 0 Å². The van der Waals surface area contributed by atoms with Gasteiger partial charge in [-0.15, -0.1) is 0 Å². The molecule has 25 heavy (non-hydrogen) atoms. The number of likely N-dealkylation sites (tertiary alicyclic amines) is 1. The number of para-hydroxylation sites is 1. The third-order valence-corrected chi connectivity index (χ3v) is 4.96. The van der Waals surface area contributed by atoms with Crippen molar-refractivity contribution in [3.05, 3.63) is 65.7 Å². The molecule has 4 rings (SSSR count). The fourth-order valence-electron chi connectivity index (χ4n) is 3.50. The standard InChI is InChI=1S/C22H25NO2/c1-4-14-23(15-5-1)16-17-24-20-11-8-19(9-12-20)22-13-10-18-6-2-3-7-21(18)25-22/h2-3,6-13,22H,1,4-5,14-17H2. The van der Waals surface area contributed by atoms with Gasteiger partial charge in [-0.2, -0.15) is 0 Å². The average molecular weight is 335 g/mol. The first-order valence-electron chi connectivity index (χ1n) is 9.27. The van der Waals surface area contributed by atoms with Gasteiger partial charge in [-0.25, -0.2) is 0 Å². The maximum absolute atomic E-state index is 6.08. The Morgan fingerprint density at radius 3 is 2.60 bits per heavy atom. The van der Waals surface area contributed by atoms with Gasteiger partial charge in [0, 0.05) is 12.1 Å². The Hall–Kier alpha value is -2.26. The molecule has 2 heterocycles. The highest BCUT2D eigenvalue weighted by molar-refractivity contribution is 5.60. The first kappa shape index (κ1) is 16.2. The van der Waals surface area contributed by atoms with Crippen LogP contribution in [0.2, 0.25) is 0 Å². The monoisotopic (exact) mass is 335 g/mol. The zero-order valence-corrected chi connectivity index (χ0v) is 14.6. The van der Waals surface area contributed by atoms with E-state index in [1.807, 2.05) is 30.3 Å². The summed E-state index contributed by atoms with van der Waals surface area (Å²) in [7, 11) is 0. The third kappa shape index (κ3) is 4.05. The Balaban J connectivity index is 1.31. The molecule has 0 aromatic heterocycles. The number of fused-ring (bicyclic) bond motifs is 1. The second-order valence-corrected chi connectivity index (χ2v) is 6.76. The summed E-state index contributed by atoms with van der Waals surface area (Å²) in [6.07, 6.45) is 8.24. The van der Waals surface area contributed by atoms with E-state index < -0.39 is 0 Å². The largest absolute Gasteiger partial charge is 0.492 e. The van der Waals surface area contributed by atoms with Crippen molar-refractivity contribution in [1.29, 1.82) is 0 Å². The number of hydrogen-bond acceptors (Lipinski definition) is 3. The average Bonchev–Trinajstić information content (AvgIpc) is 2.69. The first-order chi connectivity index (χ1) is 12.4. The molecule has 0 bridgehead atoms. The molecule has 1 fully saturated rings. The van der Waals surface area contributed by atoms with Gasteiger partial charge in [0.05, 0.1) is 0 Å². The Morgan fingerprint density at radius 1 is 0.960 bits per heavy atom. The van der Waals surface area contributed by atoms with Gasteiger partial charge in [0.1, 0.15) is 24.2 Å². The minimum atomic E-state index is -0.0303. The highest BCUT2D eigenvalue weighted by Gasteiger charge is 2.16. The normalized spacial score (nSPS) is 19.9. The summed E-state index contributed by atoms with van der Waals surface area (Å²) in [5.41, 5.74) is 2.28. The highest BCUT2D eigenvalue weighted by Crippen LogP contribution is 2.32. The number of benzene rings is 2. The predicted molar refractivity (Wildman–Crippen MR) is 101 cm³/mol. The van der Waals surface area contributed by atoms with E-state index in [0.717, 1.165) is 35.8 Å². The van der Waals surface area contributed by atoms with Gasteiger partial charge in [-0.1, -0.05) is 42.8 Å². The smallest absolute Gasteiger partial charge is 0.142 e. The fourth-order valence-corrected chi connectivity index (χ4v) is 3.50. The van der Waals surface area contributed by atoms with Crippen LogP contribution in [0.1, 0.15) is 36.5 Å². The molecule has 130 valence electrons. The van der Waals surface area contributed by atoms with Gasteiger partial charge in [-0.05, 0) is 55.8 Å². The molecule has 0 aliphatic carbocycles. The van der Waals surface area contributed by atoms with E-state index in [2.05, 4.69) is 35.3 Å². The van der Waals surface area contributed by atoms with Crippen LogP contribution in [-0.4, -0.2) is 31.1 Å². The van der Waals surface area contributed by atoms with Crippen molar-refractivity contribution < 1.29 is 9.47 Å². The molecule has 3 nitrogen and oxygen atoms in total. The maximum Gasteiger partial charge on any atom is 0.142 e. The van der Waals surface area contributed by atoms with E-state index in [1.165, 1.54) is 32.4 Å². The Labute approximate surface area is 149 Å². The summed E-state index contributed by atoms with van der Waals surface area (Å²) in [5, 5.41) is 0. The molecule has 2 aromatic carbocycles. The van der Waals surface area contributed by atoms with E-state index >= 15 is 0 Å². The van der Waals surface area contributed by atoms with Gasteiger partial charge in [0.25, 0.3) is 0 Å². The van der Waals surface area contributed by atoms with Crippen LogP contribution in [0.5, 0.6) is 11.5 Å². The Bertz CT molecular complexity index is 717.